The number of amides is 2. The number of carbonyl (C=O) groups excluding carboxylic acids is 2. The maximum Gasteiger partial charge on any atom is 0.285 e. The molecular formula is C24H21NO4. The second kappa shape index (κ2) is 7.89. The van der Waals surface area contributed by atoms with Crippen molar-refractivity contribution in [3.05, 3.63) is 76.9 Å². The highest BCUT2D eigenvalue weighted by molar-refractivity contribution is 6.25. The van der Waals surface area contributed by atoms with Gasteiger partial charge in [0.2, 0.25) is 0 Å². The molecule has 0 saturated heterocycles. The first kappa shape index (κ1) is 18.9. The highest BCUT2D eigenvalue weighted by Gasteiger charge is 2.32. The van der Waals surface area contributed by atoms with E-state index in [4.69, 9.17) is 4.74 Å². The summed E-state index contributed by atoms with van der Waals surface area (Å²) in [6.45, 7) is 2.85. The summed E-state index contributed by atoms with van der Waals surface area (Å²) in [5.41, 5.74) is 2.55. The second-order valence-corrected chi connectivity index (χ2v) is 6.96. The maximum atomic E-state index is 12.3. The molecule has 0 aromatic heterocycles. The summed E-state index contributed by atoms with van der Waals surface area (Å²) in [5.74, 6) is -0.552. The summed E-state index contributed by atoms with van der Waals surface area (Å²) >= 11 is 0. The van der Waals surface area contributed by atoms with Crippen LogP contribution in [0.3, 0.4) is 0 Å². The topological polar surface area (TPSA) is 66.8 Å². The lowest BCUT2D eigenvalue weighted by atomic mass is 9.92. The molecular weight excluding hydrogens is 366 g/mol. The van der Waals surface area contributed by atoms with Gasteiger partial charge in [-0.25, -0.2) is 0 Å². The SMILES string of the molecule is CCCCOc1ccc(/C=C/c2ccc3c4c(cccc24)C(=O)N(O)C3=O)cc1. The molecule has 1 heterocycles. The fourth-order valence-corrected chi connectivity index (χ4v) is 3.45. The number of hydrogen-bond acceptors (Lipinski definition) is 4. The monoisotopic (exact) mass is 387 g/mol. The molecule has 5 heteroatoms. The van der Waals surface area contributed by atoms with Gasteiger partial charge in [-0.05, 0) is 47.2 Å². The smallest absolute Gasteiger partial charge is 0.285 e. The van der Waals surface area contributed by atoms with E-state index in [1.807, 2.05) is 48.6 Å². The summed E-state index contributed by atoms with van der Waals surface area (Å²) < 4.78 is 5.68. The molecule has 0 aliphatic carbocycles. The molecule has 2 amide bonds. The van der Waals surface area contributed by atoms with E-state index in [-0.39, 0.29) is 5.06 Å². The van der Waals surface area contributed by atoms with Crippen LogP contribution >= 0.6 is 0 Å². The third kappa shape index (κ3) is 3.52. The van der Waals surface area contributed by atoms with Gasteiger partial charge in [-0.15, -0.1) is 5.06 Å². The molecule has 5 nitrogen and oxygen atoms in total. The van der Waals surface area contributed by atoms with E-state index >= 15 is 0 Å². The average molecular weight is 387 g/mol. The zero-order chi connectivity index (χ0) is 20.4. The van der Waals surface area contributed by atoms with E-state index in [9.17, 15) is 14.8 Å². The van der Waals surface area contributed by atoms with Gasteiger partial charge in [0.25, 0.3) is 11.8 Å². The first-order valence-corrected chi connectivity index (χ1v) is 9.64. The number of imide groups is 1. The minimum Gasteiger partial charge on any atom is -0.494 e. The predicted octanol–water partition coefficient (Wildman–Crippen LogP) is 5.17. The lowest BCUT2D eigenvalue weighted by Crippen LogP contribution is -2.37. The number of carbonyl (C=O) groups is 2. The van der Waals surface area contributed by atoms with E-state index in [1.54, 1.807) is 18.2 Å². The molecule has 0 atom stereocenters. The van der Waals surface area contributed by atoms with Crippen LogP contribution in [0.15, 0.2) is 54.6 Å². The van der Waals surface area contributed by atoms with E-state index in [0.717, 1.165) is 41.7 Å². The van der Waals surface area contributed by atoms with Gasteiger partial charge in [-0.1, -0.05) is 55.8 Å². The molecule has 0 fully saturated rings. The van der Waals surface area contributed by atoms with E-state index in [2.05, 4.69) is 6.92 Å². The molecule has 1 aliphatic rings. The van der Waals surface area contributed by atoms with E-state index in [0.29, 0.717) is 16.5 Å². The van der Waals surface area contributed by atoms with Gasteiger partial charge in [-0.3, -0.25) is 14.8 Å². The van der Waals surface area contributed by atoms with Crippen molar-refractivity contribution in [1.82, 2.24) is 5.06 Å². The Morgan fingerprint density at radius 3 is 2.38 bits per heavy atom. The van der Waals surface area contributed by atoms with Crippen LogP contribution in [0.2, 0.25) is 0 Å². The van der Waals surface area contributed by atoms with Crippen molar-refractivity contribution < 1.29 is 19.5 Å². The van der Waals surface area contributed by atoms with Crippen molar-refractivity contribution in [3.63, 3.8) is 0 Å². The average Bonchev–Trinajstić information content (AvgIpc) is 2.75. The van der Waals surface area contributed by atoms with E-state index in [1.165, 1.54) is 0 Å². The van der Waals surface area contributed by atoms with Crippen LogP contribution in [-0.4, -0.2) is 28.7 Å². The van der Waals surface area contributed by atoms with Crippen molar-refractivity contribution >= 4 is 34.7 Å². The third-order valence-electron chi connectivity index (χ3n) is 5.02. The van der Waals surface area contributed by atoms with Gasteiger partial charge >= 0.3 is 0 Å². The van der Waals surface area contributed by atoms with Crippen LogP contribution in [0.1, 0.15) is 51.6 Å². The largest absolute Gasteiger partial charge is 0.494 e. The second-order valence-electron chi connectivity index (χ2n) is 6.96. The molecule has 0 unspecified atom stereocenters. The summed E-state index contributed by atoms with van der Waals surface area (Å²) in [6.07, 6.45) is 6.06. The highest BCUT2D eigenvalue weighted by Crippen LogP contribution is 2.32. The molecule has 29 heavy (non-hydrogen) atoms. The van der Waals surface area contributed by atoms with Crippen molar-refractivity contribution in [2.24, 2.45) is 0 Å². The third-order valence-corrected chi connectivity index (χ3v) is 5.02. The molecule has 3 aromatic carbocycles. The number of rotatable bonds is 6. The first-order chi connectivity index (χ1) is 14.1. The van der Waals surface area contributed by atoms with Gasteiger partial charge in [0.15, 0.2) is 0 Å². The Morgan fingerprint density at radius 1 is 0.931 bits per heavy atom. The zero-order valence-electron chi connectivity index (χ0n) is 16.1. The van der Waals surface area contributed by atoms with Gasteiger partial charge in [-0.2, -0.15) is 0 Å². The normalized spacial score (nSPS) is 13.5. The Kier molecular flexibility index (Phi) is 5.14. The predicted molar refractivity (Wildman–Crippen MR) is 112 cm³/mol. The van der Waals surface area contributed by atoms with E-state index < -0.39 is 11.8 Å². The van der Waals surface area contributed by atoms with Crippen LogP contribution in [0, 0.1) is 0 Å². The standard InChI is InChI=1S/C24H21NO4/c1-2-3-15-29-18-12-8-16(9-13-18)7-10-17-11-14-21-22-19(17)5-4-6-20(22)23(26)25(28)24(21)27/h4-14,28H,2-3,15H2,1H3/b10-7+. The summed E-state index contributed by atoms with van der Waals surface area (Å²) in [5, 5.41) is 11.3. The zero-order valence-corrected chi connectivity index (χ0v) is 16.1. The van der Waals surface area contributed by atoms with Crippen LogP contribution in [0.4, 0.5) is 0 Å². The lowest BCUT2D eigenvalue weighted by molar-refractivity contribution is -0.0377. The van der Waals surface area contributed by atoms with Crippen molar-refractivity contribution in [2.45, 2.75) is 19.8 Å². The molecule has 0 spiro atoms. The van der Waals surface area contributed by atoms with Crippen LogP contribution < -0.4 is 4.74 Å². The van der Waals surface area contributed by atoms with Crippen molar-refractivity contribution in [1.29, 1.82) is 0 Å². The van der Waals surface area contributed by atoms with Crippen LogP contribution in [-0.2, 0) is 0 Å². The fourth-order valence-electron chi connectivity index (χ4n) is 3.45. The van der Waals surface area contributed by atoms with Gasteiger partial charge in [0.05, 0.1) is 17.7 Å². The van der Waals surface area contributed by atoms with Gasteiger partial charge in [0, 0.05) is 5.39 Å². The molecule has 1 N–H and O–H groups in total. The number of benzene rings is 3. The molecule has 3 aromatic rings. The molecule has 0 bridgehead atoms. The lowest BCUT2D eigenvalue weighted by Gasteiger charge is -2.22. The van der Waals surface area contributed by atoms with Gasteiger partial charge < -0.3 is 4.74 Å². The molecule has 0 radical (unpaired) electrons. The summed E-state index contributed by atoms with van der Waals surface area (Å²) in [4.78, 5) is 24.5. The Hall–Kier alpha value is -3.44. The minimum atomic E-state index is -0.701. The van der Waals surface area contributed by atoms with Crippen LogP contribution in [0.25, 0.3) is 22.9 Å². The first-order valence-electron chi connectivity index (χ1n) is 9.64. The molecule has 4 rings (SSSR count). The number of unbranched alkanes of at least 4 members (excludes halogenated alkanes) is 1. The molecule has 146 valence electrons. The molecule has 0 saturated carbocycles. The summed E-state index contributed by atoms with van der Waals surface area (Å²) in [7, 11) is 0. The van der Waals surface area contributed by atoms with Crippen molar-refractivity contribution in [2.75, 3.05) is 6.61 Å². The Morgan fingerprint density at radius 2 is 1.66 bits per heavy atom. The number of nitrogens with zero attached hydrogens (tertiary/aromatic N) is 1. The Labute approximate surface area is 168 Å². The maximum absolute atomic E-state index is 12.3. The number of hydrogen-bond donors (Lipinski definition) is 1. The fraction of sp³-hybridized carbons (Fsp3) is 0.167. The molecule has 1 aliphatic heterocycles. The summed E-state index contributed by atoms with van der Waals surface area (Å²) in [6, 6.07) is 16.6. The van der Waals surface area contributed by atoms with Crippen molar-refractivity contribution in [3.8, 4) is 5.75 Å². The highest BCUT2D eigenvalue weighted by atomic mass is 16.5. The Bertz CT molecular complexity index is 1090. The minimum absolute atomic E-state index is 0.177. The quantitative estimate of drug-likeness (QED) is 0.274. The van der Waals surface area contributed by atoms with Gasteiger partial charge in [0.1, 0.15) is 5.75 Å². The number of ether oxygens (including phenoxy) is 1. The number of hydroxylamine groups is 2. The Balaban J connectivity index is 1.65. The van der Waals surface area contributed by atoms with Crippen LogP contribution in [0.5, 0.6) is 5.75 Å².